The number of unbranched alkanes of at least 4 members (excludes halogenated alkanes) is 1. The molecule has 1 saturated heterocycles. The van der Waals surface area contributed by atoms with Gasteiger partial charge in [-0.25, -0.2) is 4.79 Å². The first-order valence-electron chi connectivity index (χ1n) is 28.6. The van der Waals surface area contributed by atoms with Gasteiger partial charge in [-0.3, -0.25) is 57.7 Å². The van der Waals surface area contributed by atoms with Gasteiger partial charge in [0, 0.05) is 13.1 Å². The van der Waals surface area contributed by atoms with E-state index in [1.807, 2.05) is 0 Å². The summed E-state index contributed by atoms with van der Waals surface area (Å²) in [5, 5.41) is 73.3. The summed E-state index contributed by atoms with van der Waals surface area (Å²) in [5.74, 6) is -14.0. The average molecular weight is 1210 g/mol. The molecule has 0 radical (unpaired) electrons. The molecule has 1 rings (SSSR count). The first-order valence-corrected chi connectivity index (χ1v) is 28.6. The monoisotopic (exact) mass is 1210 g/mol. The lowest BCUT2D eigenvalue weighted by atomic mass is 9.99. The van der Waals surface area contributed by atoms with E-state index in [9.17, 15) is 83.1 Å². The van der Waals surface area contributed by atoms with E-state index in [-0.39, 0.29) is 88.8 Å². The highest BCUT2D eigenvalue weighted by molar-refractivity contribution is 6.00. The molecule has 32 nitrogen and oxygen atoms in total. The largest absolute Gasteiger partial charge is 0.481 e. The van der Waals surface area contributed by atoms with Crippen molar-refractivity contribution in [2.24, 2.45) is 45.7 Å². The molecule has 32 heteroatoms. The number of aliphatic hydroxyl groups excluding tert-OH is 3. The topological polar surface area (TPSA) is 534 Å². The molecule has 0 spiro atoms. The maximum atomic E-state index is 14.6. The number of rotatable bonds is 38. The summed E-state index contributed by atoms with van der Waals surface area (Å²) in [4.78, 5) is 167. The highest BCUT2D eigenvalue weighted by Crippen LogP contribution is 2.21. The van der Waals surface area contributed by atoms with Crippen LogP contribution in [0.1, 0.15) is 133 Å². The third kappa shape index (κ3) is 26.7. The van der Waals surface area contributed by atoms with Crippen LogP contribution in [0.25, 0.3) is 0 Å². The maximum Gasteiger partial charge on any atom is 0.326 e. The van der Waals surface area contributed by atoms with E-state index in [1.54, 1.807) is 41.5 Å². The fourth-order valence-electron chi connectivity index (χ4n) is 8.92. The molecule has 0 bridgehead atoms. The lowest BCUT2D eigenvalue weighted by Gasteiger charge is -2.31. The summed E-state index contributed by atoms with van der Waals surface area (Å²) in [5.41, 5.74) is 22.4. The molecule has 0 saturated carbocycles. The maximum absolute atomic E-state index is 14.6. The molecule has 0 aromatic carbocycles. The van der Waals surface area contributed by atoms with E-state index in [0.717, 1.165) is 18.7 Å². The van der Waals surface area contributed by atoms with Crippen LogP contribution in [0, 0.1) is 17.8 Å². The van der Waals surface area contributed by atoms with E-state index in [2.05, 4.69) is 52.8 Å². The number of carbonyl (C=O) groups is 12. The van der Waals surface area contributed by atoms with Crippen LogP contribution in [0.3, 0.4) is 0 Å². The number of hydrogen-bond donors (Lipinski definition) is 18. The Kier molecular flexibility index (Phi) is 33.1. The van der Waals surface area contributed by atoms with Gasteiger partial charge in [0.1, 0.15) is 60.4 Å². The Morgan fingerprint density at radius 1 is 0.518 bits per heavy atom. The zero-order chi connectivity index (χ0) is 65.2. The minimum Gasteiger partial charge on any atom is -0.481 e. The number of nitrogens with zero attached hydrogens (tertiary/aromatic N) is 2. The number of likely N-dealkylation sites (tertiary alicyclic amines) is 1. The van der Waals surface area contributed by atoms with Gasteiger partial charge in [0.25, 0.3) is 0 Å². The van der Waals surface area contributed by atoms with Gasteiger partial charge >= 0.3 is 11.9 Å². The highest BCUT2D eigenvalue weighted by atomic mass is 16.4. The van der Waals surface area contributed by atoms with Crippen molar-refractivity contribution >= 4 is 77.0 Å². The van der Waals surface area contributed by atoms with Gasteiger partial charge in [-0.1, -0.05) is 41.5 Å². The molecule has 1 heterocycles. The normalized spacial score (nSPS) is 17.8. The molecule has 484 valence electrons. The van der Waals surface area contributed by atoms with Crippen molar-refractivity contribution in [3.8, 4) is 0 Å². The zero-order valence-corrected chi connectivity index (χ0v) is 50.3. The van der Waals surface area contributed by atoms with Crippen LogP contribution in [0.5, 0.6) is 0 Å². The number of carboxylic acids is 2. The Morgan fingerprint density at radius 3 is 1.35 bits per heavy atom. The molecule has 22 N–H and O–H groups in total. The summed E-state index contributed by atoms with van der Waals surface area (Å²) in [6.07, 6.45) is -5.35. The lowest BCUT2D eigenvalue weighted by molar-refractivity contribution is -0.144. The molecule has 0 aromatic rings. The predicted molar refractivity (Wildman–Crippen MR) is 307 cm³/mol. The van der Waals surface area contributed by atoms with Crippen molar-refractivity contribution in [3.63, 3.8) is 0 Å². The molecule has 14 atom stereocenters. The number of guanidine groups is 1. The molecule has 85 heavy (non-hydrogen) atoms. The number of aliphatic imine (C=N–C) groups is 1. The number of hydrogen-bond acceptors (Lipinski definition) is 18. The third-order valence-corrected chi connectivity index (χ3v) is 13.5. The van der Waals surface area contributed by atoms with Crippen LogP contribution in [0.4, 0.5) is 0 Å². The van der Waals surface area contributed by atoms with Gasteiger partial charge in [-0.2, -0.15) is 0 Å². The predicted octanol–water partition coefficient (Wildman–Crippen LogP) is -5.68. The van der Waals surface area contributed by atoms with Crippen molar-refractivity contribution in [1.29, 1.82) is 0 Å². The van der Waals surface area contributed by atoms with Crippen LogP contribution in [0.2, 0.25) is 0 Å². The first kappa shape index (κ1) is 75.7. The molecule has 1 fully saturated rings. The molecule has 10 amide bonds. The second-order valence-corrected chi connectivity index (χ2v) is 22.6. The molecular formula is C53H95N15O17. The summed E-state index contributed by atoms with van der Waals surface area (Å²) >= 11 is 0. The summed E-state index contributed by atoms with van der Waals surface area (Å²) < 4.78 is 0. The second-order valence-electron chi connectivity index (χ2n) is 22.6. The molecule has 1 aliphatic rings. The summed E-state index contributed by atoms with van der Waals surface area (Å²) in [6.45, 7) is 15.0. The van der Waals surface area contributed by atoms with Crippen LogP contribution in [-0.2, 0) is 57.5 Å². The number of aliphatic carboxylic acids is 2. The van der Waals surface area contributed by atoms with Crippen molar-refractivity contribution in [2.45, 2.75) is 218 Å². The Morgan fingerprint density at radius 2 is 0.929 bits per heavy atom. The summed E-state index contributed by atoms with van der Waals surface area (Å²) in [6, 6.07) is -16.6. The van der Waals surface area contributed by atoms with Gasteiger partial charge in [0.2, 0.25) is 59.1 Å². The number of nitrogens with one attached hydrogen (secondary N) is 9. The van der Waals surface area contributed by atoms with Gasteiger partial charge < -0.3 is 101 Å². The number of nitrogens with two attached hydrogens (primary N) is 4. The minimum absolute atomic E-state index is 0.00813. The van der Waals surface area contributed by atoms with Crippen LogP contribution in [-0.4, -0.2) is 212 Å². The van der Waals surface area contributed by atoms with Crippen LogP contribution in [0.15, 0.2) is 4.99 Å². The fourth-order valence-corrected chi connectivity index (χ4v) is 8.92. The van der Waals surface area contributed by atoms with E-state index < -0.39 is 168 Å². The van der Waals surface area contributed by atoms with Crippen LogP contribution < -0.4 is 70.8 Å². The van der Waals surface area contributed by atoms with E-state index in [4.69, 9.17) is 22.9 Å². The van der Waals surface area contributed by atoms with E-state index in [1.165, 1.54) is 13.8 Å². The number of carboxylic acid groups (broad SMARTS) is 2. The zero-order valence-electron chi connectivity index (χ0n) is 50.3. The van der Waals surface area contributed by atoms with Gasteiger partial charge in [0.15, 0.2) is 5.96 Å². The second kappa shape index (κ2) is 37.2. The smallest absolute Gasteiger partial charge is 0.326 e. The first-order chi connectivity index (χ1) is 39.5. The average Bonchev–Trinajstić information content (AvgIpc) is 3.26. The fraction of sp³-hybridized carbons (Fsp3) is 0.755. The van der Waals surface area contributed by atoms with Gasteiger partial charge in [-0.15, -0.1) is 0 Å². The molecule has 0 unspecified atom stereocenters. The molecular weight excluding hydrogens is 1120 g/mol. The van der Waals surface area contributed by atoms with Crippen molar-refractivity contribution < 1.29 is 83.1 Å². The Hall–Kier alpha value is -7.29. The SMILES string of the molecule is CC(C)C[C@H](NC(=O)[C@H](C)N)C(=O)N[C@H](C(=O)N[C@H](C(=O)N[C@@H](CC(=O)O)C(=O)N[C@@H](CCCN=C(N)N)C(=O)N1CCC[C@H]1C(=O)N[C@@H](CCCCN)C(=O)N[C@H](C(=O)N[C@@H](CC(C)C)C(=O)N[C@H](C(=O)O)C(C)C)[C@@H](C)O)[C@@H](C)O)[C@@H](C)O. The Balaban J connectivity index is 3.57. The Labute approximate surface area is 495 Å². The van der Waals surface area contributed by atoms with E-state index in [0.29, 0.717) is 6.42 Å². The van der Waals surface area contributed by atoms with Gasteiger partial charge in [-0.05, 0) is 110 Å². The van der Waals surface area contributed by atoms with Crippen molar-refractivity contribution in [2.75, 3.05) is 19.6 Å². The molecule has 0 aliphatic carbocycles. The summed E-state index contributed by atoms with van der Waals surface area (Å²) in [7, 11) is 0. The highest BCUT2D eigenvalue weighted by Gasteiger charge is 2.42. The van der Waals surface area contributed by atoms with Gasteiger partial charge in [0.05, 0.1) is 30.8 Å². The number of amides is 10. The number of carbonyl (C=O) groups excluding carboxylic acids is 10. The standard InChI is InChI=1S/C53H95N15O17/c1-24(2)21-33(61-42(74)27(7)55)46(78)66-41(30(10)71)50(82)67-40(29(9)70)49(81)63-35(23-37(72)73)44(76)60-32(16-13-19-58-53(56)57)51(83)68-20-14-17-36(68)47(79)59-31(15-11-12-18-54)43(75)65-39(28(8)69)48(80)62-34(22-25(3)4)45(77)64-38(26(5)6)52(84)85/h24-36,38-41,69-71H,11-23,54-55H2,1-10H3,(H,59,79)(H,60,76)(H,61,74)(H,62,80)(H,63,81)(H,64,77)(H,65,75)(H,66,78)(H,67,82)(H,72,73)(H,84,85)(H4,56,57,58)/t27-,28+,29+,30+,31-,32-,33-,34-,35-,36-,38-,39-,40-,41-/m0/s1. The van der Waals surface area contributed by atoms with Crippen LogP contribution >= 0.6 is 0 Å². The molecule has 1 aliphatic heterocycles. The van der Waals surface area contributed by atoms with E-state index >= 15 is 0 Å². The number of aliphatic hydroxyl groups is 3. The van der Waals surface area contributed by atoms with Crippen molar-refractivity contribution in [3.05, 3.63) is 0 Å². The van der Waals surface area contributed by atoms with Crippen molar-refractivity contribution in [1.82, 2.24) is 52.8 Å². The quantitative estimate of drug-likeness (QED) is 0.0156. The molecule has 0 aromatic heterocycles. The third-order valence-electron chi connectivity index (χ3n) is 13.5. The lowest BCUT2D eigenvalue weighted by Crippen LogP contribution is -2.63. The Bertz CT molecular complexity index is 2310. The minimum atomic E-state index is -2.01.